The van der Waals surface area contributed by atoms with Gasteiger partial charge in [-0.05, 0) is 55.2 Å². The number of halogens is 1. The van der Waals surface area contributed by atoms with Crippen molar-refractivity contribution in [2.75, 3.05) is 18.0 Å². The molecule has 0 spiro atoms. The highest BCUT2D eigenvalue weighted by Gasteiger charge is 2.33. The fourth-order valence-corrected chi connectivity index (χ4v) is 5.32. The Morgan fingerprint density at radius 1 is 1.12 bits per heavy atom. The smallest absolute Gasteiger partial charge is 0.267 e. The Labute approximate surface area is 199 Å². The van der Waals surface area contributed by atoms with Crippen LogP contribution in [0.4, 0.5) is 10.2 Å². The van der Waals surface area contributed by atoms with E-state index in [1.807, 2.05) is 19.1 Å². The van der Waals surface area contributed by atoms with Gasteiger partial charge < -0.3 is 4.90 Å². The van der Waals surface area contributed by atoms with E-state index in [1.165, 1.54) is 33.2 Å². The highest BCUT2D eigenvalue weighted by Crippen LogP contribution is 2.35. The average Bonchev–Trinajstić information content (AvgIpc) is 3.42. The third kappa shape index (κ3) is 4.18. The number of carbonyl (C=O) groups is 1. The lowest BCUT2D eigenvalue weighted by molar-refractivity contribution is -0.122. The van der Waals surface area contributed by atoms with Crippen LogP contribution in [0.15, 0.2) is 52.3 Å². The van der Waals surface area contributed by atoms with Crippen LogP contribution in [0.5, 0.6) is 0 Å². The third-order valence-corrected chi connectivity index (χ3v) is 7.17. The number of amides is 1. The molecule has 1 aromatic carbocycles. The van der Waals surface area contributed by atoms with Gasteiger partial charge >= 0.3 is 0 Å². The quantitative estimate of drug-likeness (QED) is 0.413. The van der Waals surface area contributed by atoms with Gasteiger partial charge in [0.15, 0.2) is 0 Å². The molecule has 2 aliphatic heterocycles. The predicted octanol–water partition coefficient (Wildman–Crippen LogP) is 4.14. The van der Waals surface area contributed by atoms with Crippen LogP contribution in [0, 0.1) is 12.7 Å². The zero-order valence-corrected chi connectivity index (χ0v) is 19.6. The van der Waals surface area contributed by atoms with E-state index in [4.69, 9.17) is 17.2 Å². The van der Waals surface area contributed by atoms with Crippen molar-refractivity contribution < 1.29 is 9.18 Å². The lowest BCUT2D eigenvalue weighted by Gasteiger charge is -2.19. The summed E-state index contributed by atoms with van der Waals surface area (Å²) in [5.74, 6) is -0.00131. The van der Waals surface area contributed by atoms with E-state index in [9.17, 15) is 14.0 Å². The van der Waals surface area contributed by atoms with Gasteiger partial charge in [0, 0.05) is 19.3 Å². The maximum absolute atomic E-state index is 13.5. The monoisotopic (exact) mass is 480 g/mol. The Morgan fingerprint density at radius 3 is 2.58 bits per heavy atom. The zero-order chi connectivity index (χ0) is 23.1. The number of rotatable bonds is 4. The number of aromatic nitrogens is 2. The summed E-state index contributed by atoms with van der Waals surface area (Å²) in [4.78, 5) is 35.4. The number of aryl methyl sites for hydroxylation is 1. The molecule has 0 radical (unpaired) electrons. The molecule has 33 heavy (non-hydrogen) atoms. The topological polar surface area (TPSA) is 57.9 Å². The van der Waals surface area contributed by atoms with Crippen LogP contribution in [-0.2, 0) is 11.3 Å². The molecule has 2 saturated heterocycles. The summed E-state index contributed by atoms with van der Waals surface area (Å²) < 4.78 is 15.2. The van der Waals surface area contributed by atoms with Crippen LogP contribution in [0.2, 0.25) is 0 Å². The molecule has 4 heterocycles. The molecule has 0 bridgehead atoms. The Hall–Kier alpha value is -3.04. The van der Waals surface area contributed by atoms with Gasteiger partial charge in [-0.15, -0.1) is 0 Å². The summed E-state index contributed by atoms with van der Waals surface area (Å²) in [6.07, 6.45) is 5.46. The molecule has 0 saturated carbocycles. The van der Waals surface area contributed by atoms with Gasteiger partial charge in [-0.25, -0.2) is 9.37 Å². The molecule has 5 rings (SSSR count). The molecule has 1 amide bonds. The van der Waals surface area contributed by atoms with E-state index in [-0.39, 0.29) is 23.8 Å². The number of pyridine rings is 1. The number of thiocarbonyl (C=S) groups is 1. The maximum atomic E-state index is 13.5. The molecule has 2 aliphatic rings. The van der Waals surface area contributed by atoms with Gasteiger partial charge in [0.05, 0.1) is 17.0 Å². The van der Waals surface area contributed by atoms with Crippen molar-refractivity contribution in [2.24, 2.45) is 0 Å². The van der Waals surface area contributed by atoms with E-state index in [0.29, 0.717) is 26.3 Å². The predicted molar refractivity (Wildman–Crippen MR) is 133 cm³/mol. The van der Waals surface area contributed by atoms with Gasteiger partial charge in [0.2, 0.25) is 0 Å². The summed E-state index contributed by atoms with van der Waals surface area (Å²) in [5, 5.41) is 0. The van der Waals surface area contributed by atoms with Gasteiger partial charge in [-0.1, -0.05) is 42.2 Å². The number of nitrogens with zero attached hydrogens (tertiary/aromatic N) is 4. The number of thioether (sulfide) groups is 1. The SMILES string of the molecule is Cc1ccc2nc(N3CCCC3)c(C=C3SC(=S)N(Cc4ccc(F)cc4)C3=O)c(=O)n2c1. The third-order valence-electron chi connectivity index (χ3n) is 5.79. The van der Waals surface area contributed by atoms with E-state index in [0.717, 1.165) is 37.1 Å². The standard InChI is InChI=1S/C24H21FN4O2S2/c1-15-4-9-20-26-21(27-10-2-3-11-27)18(22(30)28(20)13-15)12-19-23(31)29(24(32)33-19)14-16-5-7-17(25)8-6-16/h4-9,12-13H,2-3,10-11,14H2,1H3. The maximum Gasteiger partial charge on any atom is 0.267 e. The number of benzene rings is 1. The van der Waals surface area contributed by atoms with Crippen LogP contribution in [-0.4, -0.2) is 37.6 Å². The van der Waals surface area contributed by atoms with Crippen molar-refractivity contribution in [2.45, 2.75) is 26.3 Å². The molecule has 0 N–H and O–H groups in total. The number of carbonyl (C=O) groups excluding carboxylic acids is 1. The summed E-state index contributed by atoms with van der Waals surface area (Å²) in [6, 6.07) is 9.73. The minimum atomic E-state index is -0.335. The fourth-order valence-electron chi connectivity index (χ4n) is 4.08. The van der Waals surface area contributed by atoms with Crippen LogP contribution in [0.1, 0.15) is 29.5 Å². The van der Waals surface area contributed by atoms with Crippen molar-refractivity contribution in [1.29, 1.82) is 0 Å². The second kappa shape index (κ2) is 8.72. The summed E-state index contributed by atoms with van der Waals surface area (Å²) >= 11 is 6.61. The molecule has 9 heteroatoms. The van der Waals surface area contributed by atoms with Crippen LogP contribution in [0.3, 0.4) is 0 Å². The van der Waals surface area contributed by atoms with Crippen molar-refractivity contribution in [3.8, 4) is 0 Å². The van der Waals surface area contributed by atoms with E-state index >= 15 is 0 Å². The molecule has 6 nitrogen and oxygen atoms in total. The second-order valence-electron chi connectivity index (χ2n) is 8.18. The van der Waals surface area contributed by atoms with Crippen LogP contribution in [0.25, 0.3) is 11.7 Å². The zero-order valence-electron chi connectivity index (χ0n) is 18.0. The second-order valence-corrected chi connectivity index (χ2v) is 9.85. The number of anilines is 1. The van der Waals surface area contributed by atoms with Gasteiger partial charge in [-0.2, -0.15) is 0 Å². The van der Waals surface area contributed by atoms with Crippen molar-refractivity contribution >= 4 is 51.7 Å². The van der Waals surface area contributed by atoms with Gasteiger partial charge in [0.1, 0.15) is 21.6 Å². The lowest BCUT2D eigenvalue weighted by atomic mass is 10.2. The molecule has 2 aromatic heterocycles. The number of hydrogen-bond acceptors (Lipinski definition) is 6. The molecular formula is C24H21FN4O2S2. The largest absolute Gasteiger partial charge is 0.356 e. The number of fused-ring (bicyclic) bond motifs is 1. The Bertz CT molecular complexity index is 1360. The first-order valence-corrected chi connectivity index (χ1v) is 11.9. The van der Waals surface area contributed by atoms with Gasteiger partial charge in [-0.3, -0.25) is 18.9 Å². The van der Waals surface area contributed by atoms with Crippen LogP contribution >= 0.6 is 24.0 Å². The van der Waals surface area contributed by atoms with E-state index in [2.05, 4.69) is 4.90 Å². The Balaban J connectivity index is 1.56. The normalized spacial score (nSPS) is 17.7. The average molecular weight is 481 g/mol. The van der Waals surface area contributed by atoms with Crippen molar-refractivity contribution in [3.05, 3.63) is 80.4 Å². The molecule has 168 valence electrons. The Kier molecular flexibility index (Phi) is 5.76. The summed E-state index contributed by atoms with van der Waals surface area (Å²) in [5.41, 5.74) is 2.47. The highest BCUT2D eigenvalue weighted by molar-refractivity contribution is 8.26. The number of hydrogen-bond donors (Lipinski definition) is 0. The van der Waals surface area contributed by atoms with Crippen LogP contribution < -0.4 is 10.5 Å². The van der Waals surface area contributed by atoms with Crippen molar-refractivity contribution in [3.63, 3.8) is 0 Å². The fraction of sp³-hybridized carbons (Fsp3) is 0.250. The van der Waals surface area contributed by atoms with E-state index in [1.54, 1.807) is 24.4 Å². The molecule has 3 aromatic rings. The van der Waals surface area contributed by atoms with E-state index < -0.39 is 0 Å². The molecular weight excluding hydrogens is 459 g/mol. The Morgan fingerprint density at radius 2 is 1.85 bits per heavy atom. The first kappa shape index (κ1) is 21.8. The van der Waals surface area contributed by atoms with Gasteiger partial charge in [0.25, 0.3) is 11.5 Å². The first-order valence-electron chi connectivity index (χ1n) is 10.7. The molecule has 0 aliphatic carbocycles. The molecule has 2 fully saturated rings. The van der Waals surface area contributed by atoms with Crippen molar-refractivity contribution in [1.82, 2.24) is 14.3 Å². The first-order chi connectivity index (χ1) is 15.9. The minimum absolute atomic E-state index is 0.214. The summed E-state index contributed by atoms with van der Waals surface area (Å²) in [7, 11) is 0. The molecule has 0 atom stereocenters. The lowest BCUT2D eigenvalue weighted by Crippen LogP contribution is -2.28. The molecule has 0 unspecified atom stereocenters. The summed E-state index contributed by atoms with van der Waals surface area (Å²) in [6.45, 7) is 3.80. The minimum Gasteiger partial charge on any atom is -0.356 e. The highest BCUT2D eigenvalue weighted by atomic mass is 32.2.